The number of hydrogen-bond donors (Lipinski definition) is 2. The van der Waals surface area contributed by atoms with Crippen molar-refractivity contribution in [3.8, 4) is 0 Å². The van der Waals surface area contributed by atoms with Crippen LogP contribution < -0.4 is 5.32 Å². The van der Waals surface area contributed by atoms with Crippen LogP contribution in [0.1, 0.15) is 36.8 Å². The monoisotopic (exact) mass is 348 g/mol. The Bertz CT molecular complexity index is 678. The van der Waals surface area contributed by atoms with Crippen molar-refractivity contribution in [1.82, 2.24) is 4.98 Å². The van der Waals surface area contributed by atoms with E-state index in [0.29, 0.717) is 5.82 Å². The van der Waals surface area contributed by atoms with Crippen LogP contribution in [-0.4, -0.2) is 16.1 Å². The Balaban J connectivity index is 2.43. The zero-order chi connectivity index (χ0) is 15.6. The van der Waals surface area contributed by atoms with E-state index < -0.39 is 5.97 Å². The molecule has 0 spiro atoms. The summed E-state index contributed by atoms with van der Waals surface area (Å²) in [6.07, 6.45) is 0. The number of carboxylic acid groups (broad SMARTS) is 1. The molecule has 0 aliphatic heterocycles. The summed E-state index contributed by atoms with van der Waals surface area (Å²) in [5, 5.41) is 12.4. The van der Waals surface area contributed by atoms with Gasteiger partial charge in [-0.3, -0.25) is 0 Å². The van der Waals surface area contributed by atoms with E-state index in [0.717, 1.165) is 15.9 Å². The van der Waals surface area contributed by atoms with Crippen LogP contribution in [0.3, 0.4) is 0 Å². The van der Waals surface area contributed by atoms with Gasteiger partial charge in [0.1, 0.15) is 5.82 Å². The molecule has 0 aliphatic carbocycles. The Morgan fingerprint density at radius 1 is 1.24 bits per heavy atom. The second kappa shape index (κ2) is 5.85. The van der Waals surface area contributed by atoms with Crippen LogP contribution in [0.5, 0.6) is 0 Å². The molecule has 0 saturated heterocycles. The van der Waals surface area contributed by atoms with Gasteiger partial charge in [0, 0.05) is 21.3 Å². The first-order chi connectivity index (χ1) is 9.75. The number of rotatable bonds is 3. The number of halogens is 1. The first-order valence-electron chi connectivity index (χ1n) is 6.54. The fourth-order valence-corrected chi connectivity index (χ4v) is 2.22. The topological polar surface area (TPSA) is 62.2 Å². The summed E-state index contributed by atoms with van der Waals surface area (Å²) in [6, 6.07) is 10.8. The molecule has 110 valence electrons. The van der Waals surface area contributed by atoms with Crippen molar-refractivity contribution in [3.05, 3.63) is 52.1 Å². The van der Waals surface area contributed by atoms with E-state index in [1.54, 1.807) is 12.1 Å². The van der Waals surface area contributed by atoms with E-state index in [1.807, 2.05) is 45.0 Å². The van der Waals surface area contributed by atoms with Crippen LogP contribution in [0.15, 0.2) is 40.9 Å². The van der Waals surface area contributed by atoms with Gasteiger partial charge in [-0.05, 0) is 30.3 Å². The summed E-state index contributed by atoms with van der Waals surface area (Å²) in [5.74, 6) is -0.432. The summed E-state index contributed by atoms with van der Waals surface area (Å²) in [5.41, 5.74) is 1.59. The van der Waals surface area contributed by atoms with E-state index in [1.165, 1.54) is 0 Å². The molecule has 0 saturated carbocycles. The van der Waals surface area contributed by atoms with Gasteiger partial charge in [-0.25, -0.2) is 9.78 Å². The molecule has 0 fully saturated rings. The maximum Gasteiger partial charge on any atom is 0.335 e. The number of carboxylic acids is 1. The molecular formula is C16H17BrN2O2. The molecule has 2 N–H and O–H groups in total. The van der Waals surface area contributed by atoms with Gasteiger partial charge < -0.3 is 10.4 Å². The molecule has 0 aliphatic rings. The number of pyridine rings is 1. The van der Waals surface area contributed by atoms with Crippen LogP contribution in [-0.2, 0) is 5.41 Å². The molecule has 0 amide bonds. The lowest BCUT2D eigenvalue weighted by Crippen LogP contribution is -2.16. The number of benzene rings is 1. The Hall–Kier alpha value is -1.88. The summed E-state index contributed by atoms with van der Waals surface area (Å²) < 4.78 is 0.943. The number of carbonyl (C=O) groups is 1. The number of anilines is 2. The highest BCUT2D eigenvalue weighted by Gasteiger charge is 2.19. The summed E-state index contributed by atoms with van der Waals surface area (Å²) in [6.45, 7) is 6.01. The maximum atomic E-state index is 11.3. The Morgan fingerprint density at radius 3 is 2.52 bits per heavy atom. The second-order valence-corrected chi connectivity index (χ2v) is 6.73. The molecule has 5 heteroatoms. The maximum absolute atomic E-state index is 11.3. The van der Waals surface area contributed by atoms with E-state index in [-0.39, 0.29) is 11.0 Å². The number of aromatic carboxylic acids is 1. The number of hydrogen-bond acceptors (Lipinski definition) is 3. The number of nitrogens with zero attached hydrogens (tertiary/aromatic N) is 1. The highest BCUT2D eigenvalue weighted by molar-refractivity contribution is 9.10. The minimum atomic E-state index is -0.958. The van der Waals surface area contributed by atoms with Crippen molar-refractivity contribution >= 4 is 33.4 Å². The molecule has 0 atom stereocenters. The van der Waals surface area contributed by atoms with Gasteiger partial charge in [0.15, 0.2) is 0 Å². The average Bonchev–Trinajstić information content (AvgIpc) is 2.37. The molecule has 1 aromatic heterocycles. The Labute approximate surface area is 132 Å². The third kappa shape index (κ3) is 4.04. The van der Waals surface area contributed by atoms with Crippen LogP contribution in [0, 0.1) is 0 Å². The lowest BCUT2D eigenvalue weighted by atomic mass is 9.91. The van der Waals surface area contributed by atoms with Crippen LogP contribution >= 0.6 is 15.9 Å². The smallest absolute Gasteiger partial charge is 0.335 e. The first-order valence-corrected chi connectivity index (χ1v) is 7.33. The van der Waals surface area contributed by atoms with Crippen molar-refractivity contribution in [2.45, 2.75) is 26.2 Å². The van der Waals surface area contributed by atoms with Crippen LogP contribution in [0.2, 0.25) is 0 Å². The van der Waals surface area contributed by atoms with Crippen molar-refractivity contribution in [1.29, 1.82) is 0 Å². The highest BCUT2D eigenvalue weighted by atomic mass is 79.9. The average molecular weight is 349 g/mol. The third-order valence-electron chi connectivity index (χ3n) is 2.94. The predicted molar refractivity (Wildman–Crippen MR) is 87.3 cm³/mol. The highest BCUT2D eigenvalue weighted by Crippen LogP contribution is 2.25. The lowest BCUT2D eigenvalue weighted by Gasteiger charge is -2.19. The zero-order valence-electron chi connectivity index (χ0n) is 12.1. The molecule has 4 nitrogen and oxygen atoms in total. The van der Waals surface area contributed by atoms with E-state index in [9.17, 15) is 9.90 Å². The minimum Gasteiger partial charge on any atom is -0.478 e. The number of nitrogens with one attached hydrogen (secondary N) is 1. The van der Waals surface area contributed by atoms with Gasteiger partial charge in [0.2, 0.25) is 0 Å². The normalized spacial score (nSPS) is 11.2. The fraction of sp³-hybridized carbons (Fsp3) is 0.250. The van der Waals surface area contributed by atoms with Crippen LogP contribution in [0.4, 0.5) is 11.5 Å². The molecule has 0 bridgehead atoms. The van der Waals surface area contributed by atoms with Gasteiger partial charge >= 0.3 is 5.97 Å². The van der Waals surface area contributed by atoms with Gasteiger partial charge in [-0.1, -0.05) is 42.8 Å². The van der Waals surface area contributed by atoms with Crippen molar-refractivity contribution in [2.24, 2.45) is 0 Å². The molecule has 0 unspecified atom stereocenters. The van der Waals surface area contributed by atoms with Gasteiger partial charge in [0.25, 0.3) is 0 Å². The fourth-order valence-electron chi connectivity index (χ4n) is 1.82. The van der Waals surface area contributed by atoms with E-state index in [2.05, 4.69) is 26.2 Å². The summed E-state index contributed by atoms with van der Waals surface area (Å²) in [7, 11) is 0. The SMILES string of the molecule is CC(C)(C)c1cc(C(=O)O)cc(Nc2cccc(Br)c2)n1. The third-order valence-corrected chi connectivity index (χ3v) is 3.43. The van der Waals surface area contributed by atoms with Crippen molar-refractivity contribution in [2.75, 3.05) is 5.32 Å². The van der Waals surface area contributed by atoms with Crippen LogP contribution in [0.25, 0.3) is 0 Å². The lowest BCUT2D eigenvalue weighted by molar-refractivity contribution is 0.0696. The quantitative estimate of drug-likeness (QED) is 0.851. The molecular weight excluding hydrogens is 332 g/mol. The van der Waals surface area contributed by atoms with E-state index in [4.69, 9.17) is 0 Å². The molecule has 21 heavy (non-hydrogen) atoms. The molecule has 1 aromatic carbocycles. The van der Waals surface area contributed by atoms with Gasteiger partial charge in [-0.15, -0.1) is 0 Å². The zero-order valence-corrected chi connectivity index (χ0v) is 13.7. The Morgan fingerprint density at radius 2 is 1.95 bits per heavy atom. The largest absolute Gasteiger partial charge is 0.478 e. The second-order valence-electron chi connectivity index (χ2n) is 5.82. The van der Waals surface area contributed by atoms with Crippen molar-refractivity contribution in [3.63, 3.8) is 0 Å². The summed E-state index contributed by atoms with van der Waals surface area (Å²) in [4.78, 5) is 15.8. The van der Waals surface area contributed by atoms with Gasteiger partial charge in [-0.2, -0.15) is 0 Å². The predicted octanol–water partition coefficient (Wildman–Crippen LogP) is 4.58. The molecule has 0 radical (unpaired) electrons. The molecule has 2 aromatic rings. The molecule has 2 rings (SSSR count). The standard InChI is InChI=1S/C16H17BrN2O2/c1-16(2,3)13-7-10(15(20)21)8-14(19-13)18-12-6-4-5-11(17)9-12/h4-9H,1-3H3,(H,18,19)(H,20,21). The van der Waals surface area contributed by atoms with E-state index >= 15 is 0 Å². The molecule has 1 heterocycles. The first kappa shape index (κ1) is 15.5. The Kier molecular flexibility index (Phi) is 4.32. The van der Waals surface area contributed by atoms with Crippen molar-refractivity contribution < 1.29 is 9.90 Å². The summed E-state index contributed by atoms with van der Waals surface area (Å²) >= 11 is 3.40. The van der Waals surface area contributed by atoms with Gasteiger partial charge in [0.05, 0.1) is 5.56 Å². The number of aromatic nitrogens is 1. The minimum absolute atomic E-state index is 0.223.